The number of hydrogen-bond acceptors (Lipinski definition) is 5. The summed E-state index contributed by atoms with van der Waals surface area (Å²) in [6.07, 6.45) is 1.66. The highest BCUT2D eigenvalue weighted by Gasteiger charge is 2.07. The Bertz CT molecular complexity index is 410. The maximum atomic E-state index is 11.0. The summed E-state index contributed by atoms with van der Waals surface area (Å²) in [6, 6.07) is 3.10. The van der Waals surface area contributed by atoms with E-state index in [4.69, 9.17) is 14.9 Å². The van der Waals surface area contributed by atoms with Crippen LogP contribution in [0, 0.1) is 0 Å². The summed E-state index contributed by atoms with van der Waals surface area (Å²) in [6.45, 7) is 3.26. The van der Waals surface area contributed by atoms with Crippen LogP contribution in [-0.2, 0) is 11.2 Å². The van der Waals surface area contributed by atoms with Gasteiger partial charge >= 0.3 is 5.97 Å². The monoisotopic (exact) mass is 268 g/mol. The largest absolute Gasteiger partial charge is 0.478 e. The van der Waals surface area contributed by atoms with Crippen molar-refractivity contribution in [3.8, 4) is 0 Å². The van der Waals surface area contributed by atoms with Crippen molar-refractivity contribution in [2.45, 2.75) is 19.8 Å². The third kappa shape index (κ3) is 5.67. The highest BCUT2D eigenvalue weighted by atomic mass is 16.5. The molecule has 0 unspecified atom stereocenters. The van der Waals surface area contributed by atoms with Crippen molar-refractivity contribution in [2.24, 2.45) is 0 Å². The highest BCUT2D eigenvalue weighted by molar-refractivity contribution is 5.88. The topological polar surface area (TPSA) is 91.7 Å². The van der Waals surface area contributed by atoms with Crippen molar-refractivity contribution in [3.63, 3.8) is 0 Å². The lowest BCUT2D eigenvalue weighted by Gasteiger charge is -2.09. The van der Waals surface area contributed by atoms with Crippen LogP contribution < -0.4 is 5.32 Å². The van der Waals surface area contributed by atoms with E-state index in [1.165, 1.54) is 6.07 Å². The zero-order valence-corrected chi connectivity index (χ0v) is 11.1. The molecule has 1 aromatic heterocycles. The van der Waals surface area contributed by atoms with Crippen LogP contribution in [0.1, 0.15) is 29.4 Å². The van der Waals surface area contributed by atoms with Crippen LogP contribution in [0.25, 0.3) is 0 Å². The van der Waals surface area contributed by atoms with Crippen LogP contribution in [-0.4, -0.2) is 47.5 Å². The molecule has 0 amide bonds. The zero-order chi connectivity index (χ0) is 14.1. The first kappa shape index (κ1) is 15.4. The van der Waals surface area contributed by atoms with Gasteiger partial charge in [0.15, 0.2) is 0 Å². The van der Waals surface area contributed by atoms with Gasteiger partial charge in [0.1, 0.15) is 5.82 Å². The molecule has 19 heavy (non-hydrogen) atoms. The molecule has 106 valence electrons. The number of nitrogens with zero attached hydrogens (tertiary/aromatic N) is 1. The number of aryl methyl sites for hydroxylation is 1. The lowest BCUT2D eigenvalue weighted by atomic mass is 10.1. The Morgan fingerprint density at radius 2 is 2.21 bits per heavy atom. The number of aliphatic hydroxyl groups is 1. The molecule has 0 atom stereocenters. The molecule has 6 heteroatoms. The van der Waals surface area contributed by atoms with Crippen LogP contribution in [0.3, 0.4) is 0 Å². The van der Waals surface area contributed by atoms with Crippen molar-refractivity contribution in [3.05, 3.63) is 23.4 Å². The molecule has 0 radical (unpaired) electrons. The summed E-state index contributed by atoms with van der Waals surface area (Å²) >= 11 is 0. The van der Waals surface area contributed by atoms with Crippen molar-refractivity contribution >= 4 is 11.8 Å². The molecule has 3 N–H and O–H groups in total. The van der Waals surface area contributed by atoms with Gasteiger partial charge in [-0.25, -0.2) is 9.78 Å². The molecule has 1 aromatic rings. The molecule has 0 aliphatic rings. The Hall–Kier alpha value is -1.66. The van der Waals surface area contributed by atoms with E-state index in [9.17, 15) is 4.79 Å². The second-order valence-corrected chi connectivity index (χ2v) is 4.05. The summed E-state index contributed by atoms with van der Waals surface area (Å²) in [4.78, 5) is 15.4. The minimum atomic E-state index is -0.959. The molecular weight excluding hydrogens is 248 g/mol. The first-order chi connectivity index (χ1) is 9.17. The Kier molecular flexibility index (Phi) is 6.84. The number of carbonyl (C=O) groups is 1. The number of hydrogen-bond donors (Lipinski definition) is 3. The van der Waals surface area contributed by atoms with Crippen LogP contribution in [0.15, 0.2) is 12.1 Å². The average Bonchev–Trinajstić information content (AvgIpc) is 2.38. The van der Waals surface area contributed by atoms with E-state index in [1.807, 2.05) is 6.92 Å². The van der Waals surface area contributed by atoms with Gasteiger partial charge in [-0.15, -0.1) is 0 Å². The SMILES string of the molecule is CCCc1cc(C(=O)O)cc(NCCOCCO)n1. The number of carboxylic acid groups (broad SMARTS) is 1. The summed E-state index contributed by atoms with van der Waals surface area (Å²) in [5.74, 6) is -0.421. The van der Waals surface area contributed by atoms with Crippen molar-refractivity contribution in [1.29, 1.82) is 0 Å². The summed E-state index contributed by atoms with van der Waals surface area (Å²) < 4.78 is 5.10. The average molecular weight is 268 g/mol. The van der Waals surface area contributed by atoms with Gasteiger partial charge in [-0.2, -0.15) is 0 Å². The van der Waals surface area contributed by atoms with E-state index < -0.39 is 5.97 Å². The minimum absolute atomic E-state index is 0.00655. The normalized spacial score (nSPS) is 10.4. The molecule has 0 saturated carbocycles. The Morgan fingerprint density at radius 3 is 2.84 bits per heavy atom. The quantitative estimate of drug-likeness (QED) is 0.582. The van der Waals surface area contributed by atoms with E-state index >= 15 is 0 Å². The number of ether oxygens (including phenoxy) is 1. The van der Waals surface area contributed by atoms with Gasteiger partial charge in [-0.1, -0.05) is 13.3 Å². The molecule has 0 aromatic carbocycles. The van der Waals surface area contributed by atoms with Crippen LogP contribution >= 0.6 is 0 Å². The predicted molar refractivity (Wildman–Crippen MR) is 71.6 cm³/mol. The van der Waals surface area contributed by atoms with Gasteiger partial charge in [-0.05, 0) is 18.6 Å². The lowest BCUT2D eigenvalue weighted by molar-refractivity contribution is 0.0696. The fourth-order valence-electron chi connectivity index (χ4n) is 1.60. The first-order valence-corrected chi connectivity index (χ1v) is 6.34. The standard InChI is InChI=1S/C13H20N2O4/c1-2-3-11-8-10(13(17)18)9-12(15-11)14-4-6-19-7-5-16/h8-9,16H,2-7H2,1H3,(H,14,15)(H,17,18). The zero-order valence-electron chi connectivity index (χ0n) is 11.1. The second-order valence-electron chi connectivity index (χ2n) is 4.05. The molecular formula is C13H20N2O4. The van der Waals surface area contributed by atoms with E-state index in [0.717, 1.165) is 18.5 Å². The van der Waals surface area contributed by atoms with Crippen LogP contribution in [0.5, 0.6) is 0 Å². The lowest BCUT2D eigenvalue weighted by Crippen LogP contribution is -2.13. The van der Waals surface area contributed by atoms with Gasteiger partial charge in [0.2, 0.25) is 0 Å². The third-order valence-electron chi connectivity index (χ3n) is 2.42. The number of rotatable bonds is 9. The van der Waals surface area contributed by atoms with Crippen LogP contribution in [0.4, 0.5) is 5.82 Å². The van der Waals surface area contributed by atoms with Crippen molar-refractivity contribution in [1.82, 2.24) is 4.98 Å². The molecule has 0 aliphatic carbocycles. The van der Waals surface area contributed by atoms with Gasteiger partial charge in [-0.3, -0.25) is 0 Å². The first-order valence-electron chi connectivity index (χ1n) is 6.34. The highest BCUT2D eigenvalue weighted by Crippen LogP contribution is 2.12. The van der Waals surface area contributed by atoms with Gasteiger partial charge in [0.05, 0.1) is 25.4 Å². The van der Waals surface area contributed by atoms with Gasteiger partial charge in [0, 0.05) is 12.2 Å². The molecule has 0 saturated heterocycles. The molecule has 0 aliphatic heterocycles. The summed E-state index contributed by atoms with van der Waals surface area (Å²) in [7, 11) is 0. The van der Waals surface area contributed by atoms with Crippen molar-refractivity contribution < 1.29 is 19.7 Å². The van der Waals surface area contributed by atoms with E-state index in [1.54, 1.807) is 6.07 Å². The number of nitrogens with one attached hydrogen (secondary N) is 1. The molecule has 0 fully saturated rings. The maximum Gasteiger partial charge on any atom is 0.335 e. The number of pyridine rings is 1. The number of anilines is 1. The van der Waals surface area contributed by atoms with Crippen LogP contribution in [0.2, 0.25) is 0 Å². The fourth-order valence-corrected chi connectivity index (χ4v) is 1.60. The van der Waals surface area contributed by atoms with E-state index in [0.29, 0.717) is 25.6 Å². The number of aromatic carboxylic acids is 1. The van der Waals surface area contributed by atoms with Gasteiger partial charge < -0.3 is 20.3 Å². The molecule has 0 bridgehead atoms. The van der Waals surface area contributed by atoms with Crippen molar-refractivity contribution in [2.75, 3.05) is 31.7 Å². The smallest absolute Gasteiger partial charge is 0.335 e. The molecule has 1 heterocycles. The third-order valence-corrected chi connectivity index (χ3v) is 2.42. The maximum absolute atomic E-state index is 11.0. The summed E-state index contributed by atoms with van der Waals surface area (Å²) in [5.41, 5.74) is 0.999. The van der Waals surface area contributed by atoms with E-state index in [-0.39, 0.29) is 12.2 Å². The molecule has 1 rings (SSSR count). The predicted octanol–water partition coefficient (Wildman–Crippen LogP) is 1.15. The minimum Gasteiger partial charge on any atom is -0.478 e. The Morgan fingerprint density at radius 1 is 1.42 bits per heavy atom. The number of carboxylic acids is 1. The molecule has 6 nitrogen and oxygen atoms in total. The number of aliphatic hydroxyl groups excluding tert-OH is 1. The molecule has 0 spiro atoms. The Labute approximate surface area is 112 Å². The second kappa shape index (κ2) is 8.44. The Balaban J connectivity index is 2.62. The van der Waals surface area contributed by atoms with Gasteiger partial charge in [0.25, 0.3) is 0 Å². The van der Waals surface area contributed by atoms with E-state index in [2.05, 4.69) is 10.3 Å². The fraction of sp³-hybridized carbons (Fsp3) is 0.538. The number of aromatic nitrogens is 1. The summed E-state index contributed by atoms with van der Waals surface area (Å²) in [5, 5.41) is 20.6.